The number of imidazole rings is 1. The lowest BCUT2D eigenvalue weighted by Gasteiger charge is -2.16. The van der Waals surface area contributed by atoms with Crippen LogP contribution < -0.4 is 9.47 Å². The number of hydrogen-bond acceptors (Lipinski definition) is 3. The van der Waals surface area contributed by atoms with Gasteiger partial charge in [0.25, 0.3) is 0 Å². The van der Waals surface area contributed by atoms with Crippen molar-refractivity contribution in [3.05, 3.63) is 88.7 Å². The summed E-state index contributed by atoms with van der Waals surface area (Å²) in [5.41, 5.74) is 6.99. The number of benzene rings is 3. The first-order valence-corrected chi connectivity index (χ1v) is 11.8. The van der Waals surface area contributed by atoms with Crippen molar-refractivity contribution in [3.8, 4) is 11.5 Å². The minimum atomic E-state index is 0.404. The number of rotatable bonds is 9. The lowest BCUT2D eigenvalue weighted by Crippen LogP contribution is -2.11. The van der Waals surface area contributed by atoms with Crippen molar-refractivity contribution in [3.63, 3.8) is 0 Å². The second-order valence-electron chi connectivity index (χ2n) is 9.12. The Kier molecular flexibility index (Phi) is 7.02. The van der Waals surface area contributed by atoms with Crippen LogP contribution in [0.2, 0.25) is 0 Å². The van der Waals surface area contributed by atoms with E-state index in [2.05, 4.69) is 93.8 Å². The minimum Gasteiger partial charge on any atom is -0.493 e. The highest BCUT2D eigenvalue weighted by Gasteiger charge is 2.14. The summed E-state index contributed by atoms with van der Waals surface area (Å²) >= 11 is 0. The molecule has 0 aliphatic heterocycles. The first kappa shape index (κ1) is 22.9. The van der Waals surface area contributed by atoms with Gasteiger partial charge in [-0.15, -0.1) is 0 Å². The van der Waals surface area contributed by atoms with Crippen molar-refractivity contribution < 1.29 is 9.47 Å². The summed E-state index contributed by atoms with van der Waals surface area (Å²) in [4.78, 5) is 4.88. The van der Waals surface area contributed by atoms with Crippen LogP contribution in [-0.4, -0.2) is 16.2 Å². The van der Waals surface area contributed by atoms with Gasteiger partial charge >= 0.3 is 0 Å². The van der Waals surface area contributed by atoms with Gasteiger partial charge in [-0.05, 0) is 74.1 Å². The van der Waals surface area contributed by atoms with Crippen molar-refractivity contribution in [2.45, 2.75) is 60.1 Å². The van der Waals surface area contributed by atoms with Crippen molar-refractivity contribution in [1.82, 2.24) is 9.55 Å². The second-order valence-corrected chi connectivity index (χ2v) is 9.12. The van der Waals surface area contributed by atoms with Crippen LogP contribution >= 0.6 is 0 Å². The van der Waals surface area contributed by atoms with E-state index in [1.54, 1.807) is 0 Å². The molecular weight excluding hydrogens is 408 g/mol. The summed E-state index contributed by atoms with van der Waals surface area (Å²) in [6.45, 7) is 12.6. The van der Waals surface area contributed by atoms with Crippen LogP contribution in [0, 0.1) is 20.8 Å². The number of nitrogens with zero attached hydrogens (tertiary/aromatic N) is 2. The van der Waals surface area contributed by atoms with E-state index in [1.165, 1.54) is 22.3 Å². The molecule has 0 N–H and O–H groups in total. The zero-order valence-corrected chi connectivity index (χ0v) is 20.4. The molecule has 4 nitrogen and oxygen atoms in total. The van der Waals surface area contributed by atoms with E-state index >= 15 is 0 Å². The van der Waals surface area contributed by atoms with E-state index in [9.17, 15) is 0 Å². The maximum Gasteiger partial charge on any atom is 0.148 e. The number of aromatic nitrogens is 2. The fourth-order valence-corrected chi connectivity index (χ4v) is 4.24. The quantitative estimate of drug-likeness (QED) is 0.259. The molecule has 1 aromatic heterocycles. The molecule has 0 saturated heterocycles. The Morgan fingerprint density at radius 1 is 0.848 bits per heavy atom. The van der Waals surface area contributed by atoms with E-state index in [-0.39, 0.29) is 0 Å². The fraction of sp³-hybridized carbons (Fsp3) is 0.345. The summed E-state index contributed by atoms with van der Waals surface area (Å²) in [5, 5.41) is 0. The summed E-state index contributed by atoms with van der Waals surface area (Å²) < 4.78 is 14.7. The molecule has 0 bridgehead atoms. The molecule has 1 heterocycles. The van der Waals surface area contributed by atoms with Gasteiger partial charge in [0.15, 0.2) is 0 Å². The third kappa shape index (κ3) is 5.39. The lowest BCUT2D eigenvalue weighted by atomic mass is 10.0. The van der Waals surface area contributed by atoms with Gasteiger partial charge in [-0.2, -0.15) is 0 Å². The van der Waals surface area contributed by atoms with E-state index in [1.807, 2.05) is 6.07 Å². The Morgan fingerprint density at radius 3 is 2.39 bits per heavy atom. The maximum atomic E-state index is 6.32. The van der Waals surface area contributed by atoms with Crippen LogP contribution in [0.5, 0.6) is 11.5 Å². The lowest BCUT2D eigenvalue weighted by molar-refractivity contribution is 0.277. The summed E-state index contributed by atoms with van der Waals surface area (Å²) in [5.74, 6) is 3.25. The molecule has 0 unspecified atom stereocenters. The Morgan fingerprint density at radius 2 is 1.61 bits per heavy atom. The molecule has 0 atom stereocenters. The SMILES string of the molecule is Cc1ccc(OCCCn2c(COc3cc(C)ccc3C(C)C)nc3ccccc32)c(C)c1. The van der Waals surface area contributed by atoms with Crippen molar-refractivity contribution >= 4 is 11.0 Å². The van der Waals surface area contributed by atoms with E-state index < -0.39 is 0 Å². The van der Waals surface area contributed by atoms with Gasteiger partial charge < -0.3 is 14.0 Å². The van der Waals surface area contributed by atoms with Crippen molar-refractivity contribution in [2.75, 3.05) is 6.61 Å². The Balaban J connectivity index is 1.48. The third-order valence-corrected chi connectivity index (χ3v) is 6.00. The number of para-hydroxylation sites is 2. The largest absolute Gasteiger partial charge is 0.493 e. The molecule has 172 valence electrons. The summed E-state index contributed by atoms with van der Waals surface area (Å²) in [6, 6.07) is 21.0. The number of fused-ring (bicyclic) bond motifs is 1. The van der Waals surface area contributed by atoms with Gasteiger partial charge in [0, 0.05) is 6.54 Å². The molecule has 0 amide bonds. The molecule has 4 rings (SSSR count). The van der Waals surface area contributed by atoms with Crippen LogP contribution in [0.4, 0.5) is 0 Å². The first-order valence-electron chi connectivity index (χ1n) is 11.8. The van der Waals surface area contributed by atoms with Gasteiger partial charge in [-0.1, -0.05) is 55.8 Å². The van der Waals surface area contributed by atoms with Crippen LogP contribution in [0.25, 0.3) is 11.0 Å². The molecule has 0 fully saturated rings. The second kappa shape index (κ2) is 10.1. The molecule has 3 aromatic carbocycles. The van der Waals surface area contributed by atoms with Gasteiger partial charge in [0.05, 0.1) is 17.6 Å². The molecule has 4 heteroatoms. The van der Waals surface area contributed by atoms with Crippen LogP contribution in [0.1, 0.15) is 54.3 Å². The molecule has 4 aromatic rings. The monoisotopic (exact) mass is 442 g/mol. The van der Waals surface area contributed by atoms with Crippen molar-refractivity contribution in [1.29, 1.82) is 0 Å². The standard InChI is InChI=1S/C29H34N2O2/c1-20(2)24-13-11-22(4)18-28(24)33-19-29-30-25-9-6-7-10-26(25)31(29)15-8-16-32-27-14-12-21(3)17-23(27)5/h6-7,9-14,17-18,20H,8,15-16,19H2,1-5H3. The highest BCUT2D eigenvalue weighted by atomic mass is 16.5. The average Bonchev–Trinajstić information content (AvgIpc) is 3.13. The highest BCUT2D eigenvalue weighted by molar-refractivity contribution is 5.75. The van der Waals surface area contributed by atoms with E-state index in [0.29, 0.717) is 19.1 Å². The third-order valence-electron chi connectivity index (χ3n) is 6.00. The smallest absolute Gasteiger partial charge is 0.148 e. The predicted molar refractivity (Wildman–Crippen MR) is 135 cm³/mol. The normalized spacial score (nSPS) is 11.3. The molecule has 0 spiro atoms. The molecule has 0 radical (unpaired) electrons. The Bertz CT molecular complexity index is 1240. The Labute approximate surface area is 197 Å². The maximum absolute atomic E-state index is 6.32. The molecule has 0 saturated carbocycles. The van der Waals surface area contributed by atoms with Gasteiger partial charge in [0.1, 0.15) is 23.9 Å². The van der Waals surface area contributed by atoms with E-state index in [0.717, 1.165) is 41.3 Å². The minimum absolute atomic E-state index is 0.404. The van der Waals surface area contributed by atoms with Crippen molar-refractivity contribution in [2.24, 2.45) is 0 Å². The fourth-order valence-electron chi connectivity index (χ4n) is 4.24. The topological polar surface area (TPSA) is 36.3 Å². The summed E-state index contributed by atoms with van der Waals surface area (Å²) in [7, 11) is 0. The summed E-state index contributed by atoms with van der Waals surface area (Å²) in [6.07, 6.45) is 0.891. The zero-order chi connectivity index (χ0) is 23.4. The zero-order valence-electron chi connectivity index (χ0n) is 20.4. The molecule has 33 heavy (non-hydrogen) atoms. The van der Waals surface area contributed by atoms with Crippen LogP contribution in [0.15, 0.2) is 60.7 Å². The number of aryl methyl sites for hydroxylation is 4. The number of ether oxygens (including phenoxy) is 2. The van der Waals surface area contributed by atoms with Gasteiger partial charge in [-0.25, -0.2) is 4.98 Å². The molecule has 0 aliphatic carbocycles. The highest BCUT2D eigenvalue weighted by Crippen LogP contribution is 2.28. The van der Waals surface area contributed by atoms with E-state index in [4.69, 9.17) is 14.5 Å². The molecule has 0 aliphatic rings. The van der Waals surface area contributed by atoms with Crippen LogP contribution in [0.3, 0.4) is 0 Å². The van der Waals surface area contributed by atoms with Crippen LogP contribution in [-0.2, 0) is 13.2 Å². The average molecular weight is 443 g/mol. The predicted octanol–water partition coefficient (Wildman–Crippen LogP) is 7.13. The molecular formula is C29H34N2O2. The Hall–Kier alpha value is -3.27. The van der Waals surface area contributed by atoms with Gasteiger partial charge in [0.2, 0.25) is 0 Å². The first-order chi connectivity index (χ1) is 15.9. The van der Waals surface area contributed by atoms with Gasteiger partial charge in [-0.3, -0.25) is 0 Å². The number of hydrogen-bond donors (Lipinski definition) is 0.